The zero-order chi connectivity index (χ0) is 13.1. The fourth-order valence-electron chi connectivity index (χ4n) is 1.46. The molecule has 1 aromatic carbocycles. The van der Waals surface area contributed by atoms with Crippen molar-refractivity contribution in [1.82, 2.24) is 4.98 Å². The Bertz CT molecular complexity index is 606. The van der Waals surface area contributed by atoms with E-state index in [0.29, 0.717) is 5.69 Å². The molecule has 0 spiro atoms. The molecule has 0 fully saturated rings. The third-order valence-corrected chi connectivity index (χ3v) is 3.97. The lowest BCUT2D eigenvalue weighted by atomic mass is 10.2. The fourth-order valence-corrected chi connectivity index (χ4v) is 2.81. The van der Waals surface area contributed by atoms with E-state index in [1.54, 1.807) is 18.2 Å². The Labute approximate surface area is 111 Å². The van der Waals surface area contributed by atoms with Gasteiger partial charge in [0, 0.05) is 11.8 Å². The van der Waals surface area contributed by atoms with Crippen LogP contribution >= 0.6 is 11.6 Å². The van der Waals surface area contributed by atoms with Crippen LogP contribution in [0.2, 0.25) is 5.02 Å². The van der Waals surface area contributed by atoms with Gasteiger partial charge in [-0.1, -0.05) is 23.7 Å². The SMILES string of the molecule is Nc1cccnc1S(=O)Cc1cccc(Cl)c1F. The van der Waals surface area contributed by atoms with Gasteiger partial charge in [0.25, 0.3) is 0 Å². The van der Waals surface area contributed by atoms with Crippen molar-refractivity contribution >= 4 is 28.1 Å². The summed E-state index contributed by atoms with van der Waals surface area (Å²) in [6.07, 6.45) is 1.50. The predicted molar refractivity (Wildman–Crippen MR) is 70.2 cm³/mol. The van der Waals surface area contributed by atoms with E-state index in [4.69, 9.17) is 17.3 Å². The summed E-state index contributed by atoms with van der Waals surface area (Å²) in [6, 6.07) is 7.85. The number of pyridine rings is 1. The summed E-state index contributed by atoms with van der Waals surface area (Å²) in [6.45, 7) is 0. The second-order valence-corrected chi connectivity index (χ2v) is 5.37. The van der Waals surface area contributed by atoms with Gasteiger partial charge in [-0.05, 0) is 18.2 Å². The largest absolute Gasteiger partial charge is 0.396 e. The smallest absolute Gasteiger partial charge is 0.150 e. The Morgan fingerprint density at radius 2 is 2.11 bits per heavy atom. The van der Waals surface area contributed by atoms with Gasteiger partial charge < -0.3 is 5.73 Å². The number of nitrogens with two attached hydrogens (primary N) is 1. The minimum atomic E-state index is -1.50. The van der Waals surface area contributed by atoms with Crippen LogP contribution in [0.15, 0.2) is 41.6 Å². The van der Waals surface area contributed by atoms with Gasteiger partial charge in [-0.3, -0.25) is 4.21 Å². The molecule has 1 atom stereocenters. The van der Waals surface area contributed by atoms with Crippen molar-refractivity contribution in [1.29, 1.82) is 0 Å². The first kappa shape index (κ1) is 13.0. The number of halogens is 2. The van der Waals surface area contributed by atoms with Gasteiger partial charge in [-0.2, -0.15) is 0 Å². The average Bonchev–Trinajstić information content (AvgIpc) is 2.35. The van der Waals surface area contributed by atoms with E-state index >= 15 is 0 Å². The Kier molecular flexibility index (Phi) is 3.93. The molecule has 0 aliphatic carbocycles. The van der Waals surface area contributed by atoms with Gasteiger partial charge in [0.2, 0.25) is 0 Å². The fraction of sp³-hybridized carbons (Fsp3) is 0.0833. The number of aromatic nitrogens is 1. The lowest BCUT2D eigenvalue weighted by Crippen LogP contribution is -2.04. The van der Waals surface area contributed by atoms with E-state index < -0.39 is 16.6 Å². The molecule has 2 aromatic rings. The number of benzene rings is 1. The summed E-state index contributed by atoms with van der Waals surface area (Å²) in [5.74, 6) is -0.560. The second kappa shape index (κ2) is 5.46. The lowest BCUT2D eigenvalue weighted by molar-refractivity contribution is 0.615. The van der Waals surface area contributed by atoms with Crippen LogP contribution in [0.25, 0.3) is 0 Å². The molecule has 0 amide bonds. The normalized spacial score (nSPS) is 12.3. The van der Waals surface area contributed by atoms with Crippen molar-refractivity contribution in [3.63, 3.8) is 0 Å². The predicted octanol–water partition coefficient (Wildman–Crippen LogP) is 2.76. The minimum absolute atomic E-state index is 0.00634. The van der Waals surface area contributed by atoms with E-state index in [1.807, 2.05) is 0 Å². The molecule has 6 heteroatoms. The zero-order valence-corrected chi connectivity index (χ0v) is 10.8. The van der Waals surface area contributed by atoms with Gasteiger partial charge in [-0.25, -0.2) is 9.37 Å². The van der Waals surface area contributed by atoms with Crippen molar-refractivity contribution in [3.05, 3.63) is 52.9 Å². The molecule has 94 valence electrons. The van der Waals surface area contributed by atoms with Gasteiger partial charge in [0.1, 0.15) is 10.8 Å². The highest BCUT2D eigenvalue weighted by atomic mass is 35.5. The van der Waals surface area contributed by atoms with Gasteiger partial charge in [0.15, 0.2) is 0 Å². The van der Waals surface area contributed by atoms with E-state index in [1.165, 1.54) is 18.3 Å². The summed E-state index contributed by atoms with van der Waals surface area (Å²) in [7, 11) is -1.50. The highest BCUT2D eigenvalue weighted by Gasteiger charge is 2.14. The van der Waals surface area contributed by atoms with Crippen LogP contribution in [0.5, 0.6) is 0 Å². The molecule has 2 rings (SSSR count). The Morgan fingerprint density at radius 3 is 2.83 bits per heavy atom. The molecule has 0 radical (unpaired) electrons. The molecule has 1 aromatic heterocycles. The first-order valence-electron chi connectivity index (χ1n) is 5.11. The highest BCUT2D eigenvalue weighted by molar-refractivity contribution is 7.84. The Balaban J connectivity index is 2.27. The van der Waals surface area contributed by atoms with Crippen LogP contribution in [0.3, 0.4) is 0 Å². The number of nitrogens with zero attached hydrogens (tertiary/aromatic N) is 1. The van der Waals surface area contributed by atoms with E-state index in [0.717, 1.165) is 0 Å². The van der Waals surface area contributed by atoms with Crippen LogP contribution in [0, 0.1) is 5.82 Å². The summed E-state index contributed by atoms with van der Waals surface area (Å²) in [5, 5.41) is 0.273. The molecule has 1 heterocycles. The molecule has 18 heavy (non-hydrogen) atoms. The molecular formula is C12H10ClFN2OS. The quantitative estimate of drug-likeness (QED) is 0.943. The third kappa shape index (κ3) is 2.68. The van der Waals surface area contributed by atoms with E-state index in [2.05, 4.69) is 4.98 Å². The summed E-state index contributed by atoms with van der Waals surface area (Å²) >= 11 is 5.66. The standard InChI is InChI=1S/C12H10ClFN2OS/c13-9-4-1-3-8(11(9)14)7-18(17)12-10(15)5-2-6-16-12/h1-6H,7,15H2. The third-order valence-electron chi connectivity index (χ3n) is 2.33. The van der Waals surface area contributed by atoms with Crippen molar-refractivity contribution in [2.75, 3.05) is 5.73 Å². The maximum Gasteiger partial charge on any atom is 0.150 e. The number of hydrogen-bond acceptors (Lipinski definition) is 3. The number of nitrogen functional groups attached to an aromatic ring is 1. The van der Waals surface area contributed by atoms with Gasteiger partial charge >= 0.3 is 0 Å². The topological polar surface area (TPSA) is 56.0 Å². The monoisotopic (exact) mass is 284 g/mol. The van der Waals surface area contributed by atoms with Crippen LogP contribution < -0.4 is 5.73 Å². The second-order valence-electron chi connectivity index (χ2n) is 3.60. The lowest BCUT2D eigenvalue weighted by Gasteiger charge is -2.06. The minimum Gasteiger partial charge on any atom is -0.396 e. The van der Waals surface area contributed by atoms with Gasteiger partial charge in [0.05, 0.1) is 27.3 Å². The summed E-state index contributed by atoms with van der Waals surface area (Å²) < 4.78 is 25.7. The number of hydrogen-bond donors (Lipinski definition) is 1. The molecular weight excluding hydrogens is 275 g/mol. The molecule has 0 saturated heterocycles. The first-order chi connectivity index (χ1) is 8.59. The maximum absolute atomic E-state index is 13.7. The molecule has 0 bridgehead atoms. The van der Waals surface area contributed by atoms with E-state index in [9.17, 15) is 8.60 Å². The van der Waals surface area contributed by atoms with Crippen LogP contribution in [-0.2, 0) is 16.6 Å². The average molecular weight is 285 g/mol. The zero-order valence-electron chi connectivity index (χ0n) is 9.27. The Hall–Kier alpha value is -1.46. The molecule has 3 nitrogen and oxygen atoms in total. The van der Waals surface area contributed by atoms with Crippen LogP contribution in [0.1, 0.15) is 5.56 Å². The van der Waals surface area contributed by atoms with Crippen LogP contribution in [0.4, 0.5) is 10.1 Å². The molecule has 1 unspecified atom stereocenters. The Morgan fingerprint density at radius 1 is 1.33 bits per heavy atom. The molecule has 0 aliphatic rings. The summed E-state index contributed by atoms with van der Waals surface area (Å²) in [5.41, 5.74) is 6.28. The van der Waals surface area contributed by atoms with Crippen molar-refractivity contribution < 1.29 is 8.60 Å². The molecule has 0 aliphatic heterocycles. The molecule has 0 saturated carbocycles. The van der Waals surface area contributed by atoms with Gasteiger partial charge in [-0.15, -0.1) is 0 Å². The maximum atomic E-state index is 13.7. The molecule has 2 N–H and O–H groups in total. The van der Waals surface area contributed by atoms with Crippen molar-refractivity contribution in [3.8, 4) is 0 Å². The first-order valence-corrected chi connectivity index (χ1v) is 6.81. The van der Waals surface area contributed by atoms with E-state index in [-0.39, 0.29) is 21.4 Å². The van der Waals surface area contributed by atoms with Crippen molar-refractivity contribution in [2.45, 2.75) is 10.8 Å². The van der Waals surface area contributed by atoms with Crippen molar-refractivity contribution in [2.24, 2.45) is 0 Å². The highest BCUT2D eigenvalue weighted by Crippen LogP contribution is 2.22. The van der Waals surface area contributed by atoms with Crippen LogP contribution in [-0.4, -0.2) is 9.19 Å². The number of rotatable bonds is 3. The summed E-state index contributed by atoms with van der Waals surface area (Å²) in [4.78, 5) is 3.95. The number of anilines is 1.